The number of para-hydroxylation sites is 2. The van der Waals surface area contributed by atoms with Crippen LogP contribution in [0, 0.1) is 5.92 Å². The van der Waals surface area contributed by atoms with E-state index in [1.165, 1.54) is 5.56 Å². The van der Waals surface area contributed by atoms with E-state index in [0.717, 1.165) is 75.1 Å². The fourth-order valence-electron chi connectivity index (χ4n) is 4.61. The fraction of sp³-hybridized carbons (Fsp3) is 0.480. The number of nitrogens with zero attached hydrogens (tertiary/aromatic N) is 3. The van der Waals surface area contributed by atoms with Gasteiger partial charge in [0.1, 0.15) is 5.75 Å². The van der Waals surface area contributed by atoms with E-state index in [0.29, 0.717) is 12.5 Å². The molecule has 31 heavy (non-hydrogen) atoms. The summed E-state index contributed by atoms with van der Waals surface area (Å²) in [5.41, 5.74) is 2.41. The van der Waals surface area contributed by atoms with E-state index in [-0.39, 0.29) is 5.92 Å². The van der Waals surface area contributed by atoms with Crippen LogP contribution in [-0.2, 0) is 11.3 Å². The number of halogens is 1. The van der Waals surface area contributed by atoms with Gasteiger partial charge in [-0.3, -0.25) is 9.69 Å². The molecule has 0 radical (unpaired) electrons. The number of rotatable bonds is 6. The van der Waals surface area contributed by atoms with Gasteiger partial charge >= 0.3 is 0 Å². The predicted octanol–water partition coefficient (Wildman–Crippen LogP) is 4.30. The van der Waals surface area contributed by atoms with Gasteiger partial charge in [0.15, 0.2) is 0 Å². The van der Waals surface area contributed by atoms with Gasteiger partial charge in [-0.2, -0.15) is 0 Å². The lowest BCUT2D eigenvalue weighted by Crippen LogP contribution is -2.51. The third-order valence-electron chi connectivity index (χ3n) is 6.35. The molecular weight excluding hydrogens is 410 g/mol. The Morgan fingerprint density at radius 1 is 0.968 bits per heavy atom. The highest BCUT2D eigenvalue weighted by Crippen LogP contribution is 2.29. The summed E-state index contributed by atoms with van der Waals surface area (Å²) in [5, 5.41) is 0.773. The van der Waals surface area contributed by atoms with Crippen molar-refractivity contribution in [3.8, 4) is 5.75 Å². The molecule has 2 heterocycles. The average Bonchev–Trinajstić information content (AvgIpc) is 2.81. The minimum absolute atomic E-state index is 0.156. The smallest absolute Gasteiger partial charge is 0.225 e. The molecule has 2 aliphatic heterocycles. The van der Waals surface area contributed by atoms with Crippen molar-refractivity contribution in [2.45, 2.75) is 26.3 Å². The third-order valence-corrected chi connectivity index (χ3v) is 6.61. The monoisotopic (exact) mass is 441 g/mol. The molecule has 0 bridgehead atoms. The molecule has 6 heteroatoms. The van der Waals surface area contributed by atoms with Crippen molar-refractivity contribution in [2.75, 3.05) is 50.8 Å². The Hall–Kier alpha value is -2.24. The molecule has 0 atom stereocenters. The number of hydrogen-bond acceptors (Lipinski definition) is 4. The van der Waals surface area contributed by atoms with Crippen molar-refractivity contribution in [2.24, 2.45) is 5.92 Å². The van der Waals surface area contributed by atoms with Crippen molar-refractivity contribution in [3.63, 3.8) is 0 Å². The van der Waals surface area contributed by atoms with Crippen LogP contribution in [0.2, 0.25) is 5.02 Å². The molecule has 2 aromatic carbocycles. The molecule has 2 saturated heterocycles. The minimum Gasteiger partial charge on any atom is -0.492 e. The van der Waals surface area contributed by atoms with Crippen molar-refractivity contribution in [1.29, 1.82) is 0 Å². The lowest BCUT2D eigenvalue weighted by molar-refractivity contribution is -0.137. The van der Waals surface area contributed by atoms with Gasteiger partial charge in [-0.1, -0.05) is 35.9 Å². The van der Waals surface area contributed by atoms with Crippen LogP contribution in [0.4, 0.5) is 5.69 Å². The van der Waals surface area contributed by atoms with Gasteiger partial charge in [-0.25, -0.2) is 0 Å². The molecule has 2 aromatic rings. The van der Waals surface area contributed by atoms with Crippen LogP contribution >= 0.6 is 11.6 Å². The maximum atomic E-state index is 13.1. The highest BCUT2D eigenvalue weighted by Gasteiger charge is 2.30. The van der Waals surface area contributed by atoms with Crippen LogP contribution in [0.15, 0.2) is 48.5 Å². The second kappa shape index (κ2) is 10.4. The van der Waals surface area contributed by atoms with Gasteiger partial charge < -0.3 is 14.5 Å². The number of carbonyl (C=O) groups is 1. The first kappa shape index (κ1) is 22.0. The Labute approximate surface area is 190 Å². The molecule has 0 unspecified atom stereocenters. The molecule has 2 fully saturated rings. The van der Waals surface area contributed by atoms with E-state index in [1.54, 1.807) is 0 Å². The second-order valence-electron chi connectivity index (χ2n) is 8.39. The molecule has 5 nitrogen and oxygen atoms in total. The predicted molar refractivity (Wildman–Crippen MR) is 126 cm³/mol. The van der Waals surface area contributed by atoms with Gasteiger partial charge in [0, 0.05) is 43.7 Å². The number of anilines is 1. The lowest BCUT2D eigenvalue weighted by atomic mass is 9.94. The summed E-state index contributed by atoms with van der Waals surface area (Å²) in [4.78, 5) is 20.0. The van der Waals surface area contributed by atoms with Crippen molar-refractivity contribution < 1.29 is 9.53 Å². The van der Waals surface area contributed by atoms with Gasteiger partial charge in [-0.15, -0.1) is 0 Å². The Balaban J connectivity index is 1.25. The lowest BCUT2D eigenvalue weighted by Gasteiger charge is -2.39. The van der Waals surface area contributed by atoms with E-state index in [2.05, 4.69) is 32.9 Å². The molecule has 0 aliphatic carbocycles. The highest BCUT2D eigenvalue weighted by molar-refractivity contribution is 6.30. The van der Waals surface area contributed by atoms with E-state index in [1.807, 2.05) is 37.3 Å². The molecule has 1 amide bonds. The Morgan fingerprint density at radius 2 is 1.65 bits per heavy atom. The third kappa shape index (κ3) is 5.52. The van der Waals surface area contributed by atoms with Crippen LogP contribution in [0.25, 0.3) is 0 Å². The first-order chi connectivity index (χ1) is 15.1. The van der Waals surface area contributed by atoms with Crippen molar-refractivity contribution in [1.82, 2.24) is 9.80 Å². The number of benzene rings is 2. The number of carbonyl (C=O) groups excluding carboxylic acids is 1. The quantitative estimate of drug-likeness (QED) is 0.669. The summed E-state index contributed by atoms with van der Waals surface area (Å²) in [7, 11) is 0. The summed E-state index contributed by atoms with van der Waals surface area (Å²) in [5.74, 6) is 1.42. The van der Waals surface area contributed by atoms with Crippen LogP contribution in [-0.4, -0.2) is 61.6 Å². The fourth-order valence-corrected chi connectivity index (χ4v) is 4.73. The van der Waals surface area contributed by atoms with E-state index in [4.69, 9.17) is 16.3 Å². The molecule has 166 valence electrons. The molecule has 0 spiro atoms. The number of ether oxygens (including phenoxy) is 1. The van der Waals surface area contributed by atoms with Gasteiger partial charge in [0.05, 0.1) is 12.3 Å². The summed E-state index contributed by atoms with van der Waals surface area (Å²) in [6.45, 7) is 8.81. The van der Waals surface area contributed by atoms with Crippen LogP contribution in [0.1, 0.15) is 25.3 Å². The normalized spacial score (nSPS) is 18.3. The van der Waals surface area contributed by atoms with E-state index in [9.17, 15) is 4.79 Å². The zero-order valence-electron chi connectivity index (χ0n) is 18.3. The minimum atomic E-state index is 0.156. The van der Waals surface area contributed by atoms with Crippen LogP contribution < -0.4 is 9.64 Å². The first-order valence-electron chi connectivity index (χ1n) is 11.4. The van der Waals surface area contributed by atoms with Crippen molar-refractivity contribution >= 4 is 23.2 Å². The Morgan fingerprint density at radius 3 is 2.32 bits per heavy atom. The maximum absolute atomic E-state index is 13.1. The van der Waals surface area contributed by atoms with Crippen LogP contribution in [0.5, 0.6) is 5.75 Å². The zero-order chi connectivity index (χ0) is 21.6. The zero-order valence-corrected chi connectivity index (χ0v) is 19.1. The number of amides is 1. The number of piperazine rings is 1. The maximum Gasteiger partial charge on any atom is 0.225 e. The van der Waals surface area contributed by atoms with Gasteiger partial charge in [0.2, 0.25) is 5.91 Å². The summed E-state index contributed by atoms with van der Waals surface area (Å²) >= 11 is 5.98. The summed E-state index contributed by atoms with van der Waals surface area (Å²) in [6.07, 6.45) is 1.89. The SMILES string of the molecule is CCOc1ccccc1N1CCN(C(=O)C2CCN(Cc3ccc(Cl)cc3)CC2)CC1. The summed E-state index contributed by atoms with van der Waals surface area (Å²) < 4.78 is 5.78. The molecule has 2 aliphatic rings. The molecule has 4 rings (SSSR count). The molecule has 0 aromatic heterocycles. The average molecular weight is 442 g/mol. The largest absolute Gasteiger partial charge is 0.492 e. The Bertz CT molecular complexity index is 857. The van der Waals surface area contributed by atoms with Crippen molar-refractivity contribution in [3.05, 3.63) is 59.1 Å². The number of hydrogen-bond donors (Lipinski definition) is 0. The molecule has 0 saturated carbocycles. The second-order valence-corrected chi connectivity index (χ2v) is 8.83. The molecular formula is C25H32ClN3O2. The topological polar surface area (TPSA) is 36.0 Å². The summed E-state index contributed by atoms with van der Waals surface area (Å²) in [6, 6.07) is 16.2. The Kier molecular flexibility index (Phi) is 7.36. The number of piperidine rings is 1. The molecule has 0 N–H and O–H groups in total. The van der Waals surface area contributed by atoms with Crippen LogP contribution in [0.3, 0.4) is 0 Å². The van der Waals surface area contributed by atoms with E-state index < -0.39 is 0 Å². The number of likely N-dealkylation sites (tertiary alicyclic amines) is 1. The highest BCUT2D eigenvalue weighted by atomic mass is 35.5. The first-order valence-corrected chi connectivity index (χ1v) is 11.7. The van der Waals surface area contributed by atoms with E-state index >= 15 is 0 Å². The standard InChI is InChI=1S/C25H32ClN3O2/c1-2-31-24-6-4-3-5-23(24)28-15-17-29(18-16-28)25(30)21-11-13-27(14-12-21)19-20-7-9-22(26)10-8-20/h3-10,21H,2,11-19H2,1H3. The van der Waals surface area contributed by atoms with Gasteiger partial charge in [-0.05, 0) is 62.7 Å². The van der Waals surface area contributed by atoms with Gasteiger partial charge in [0.25, 0.3) is 0 Å².